The van der Waals surface area contributed by atoms with E-state index in [1.54, 1.807) is 26.1 Å². The molecule has 0 aromatic heterocycles. The molecule has 63 heavy (non-hydrogen) atoms. The standard InChI is InChI=1S/C44H73N5O14/c1-34(50)37(45-2)14-11-12-22-46-41(53)32-61-30-29-60-27-24-48-42(54)33-62-31-28-59-26-23-47-39(51)21-20-38(44(57)58)49-40(52)15-10-8-6-4-3-5-7-9-13-25-63-36-18-16-35(17-19-36)43(55)56/h16-19,37-38,45H,3-15,20-33H2,1-2H3,(H,46,53)(H,47,51)(H,48,54)(H,49,52)(H,55,56)(H,57,58)/t37-,38-/m0/s1. The summed E-state index contributed by atoms with van der Waals surface area (Å²) in [4.78, 5) is 82.3. The lowest BCUT2D eigenvalue weighted by molar-refractivity contribution is -0.142. The molecule has 0 saturated carbocycles. The average molecular weight is 896 g/mol. The van der Waals surface area contributed by atoms with E-state index in [1.165, 1.54) is 12.1 Å². The van der Waals surface area contributed by atoms with Crippen LogP contribution in [0.5, 0.6) is 5.75 Å². The normalized spacial score (nSPS) is 11.9. The summed E-state index contributed by atoms with van der Waals surface area (Å²) in [6.07, 6.45) is 11.3. The Labute approximate surface area is 371 Å². The monoisotopic (exact) mass is 896 g/mol. The van der Waals surface area contributed by atoms with Gasteiger partial charge in [-0.2, -0.15) is 0 Å². The number of unbranched alkanes of at least 4 members (excludes halogenated alkanes) is 9. The van der Waals surface area contributed by atoms with Crippen LogP contribution in [0.2, 0.25) is 0 Å². The second kappa shape index (κ2) is 37.8. The predicted molar refractivity (Wildman–Crippen MR) is 234 cm³/mol. The summed E-state index contributed by atoms with van der Waals surface area (Å²) in [6.45, 7) is 4.19. The smallest absolute Gasteiger partial charge is 0.335 e. The quantitative estimate of drug-likeness (QED) is 0.0466. The highest BCUT2D eigenvalue weighted by Crippen LogP contribution is 2.14. The van der Waals surface area contributed by atoms with Gasteiger partial charge in [0.1, 0.15) is 30.8 Å². The first-order chi connectivity index (χ1) is 30.4. The molecule has 1 aromatic carbocycles. The molecule has 1 aromatic rings. The van der Waals surface area contributed by atoms with E-state index in [1.807, 2.05) is 0 Å². The van der Waals surface area contributed by atoms with Gasteiger partial charge in [0.2, 0.25) is 23.6 Å². The maximum atomic E-state index is 12.3. The van der Waals surface area contributed by atoms with Crippen LogP contribution in [0.15, 0.2) is 24.3 Å². The molecule has 0 bridgehead atoms. The number of carboxylic acids is 2. The van der Waals surface area contributed by atoms with Crippen molar-refractivity contribution in [1.82, 2.24) is 26.6 Å². The average Bonchev–Trinajstić information content (AvgIpc) is 3.25. The lowest BCUT2D eigenvalue weighted by Crippen LogP contribution is -2.41. The third-order valence-electron chi connectivity index (χ3n) is 9.64. The number of carbonyl (C=O) groups is 7. The second-order valence-corrected chi connectivity index (χ2v) is 14.9. The number of carbonyl (C=O) groups excluding carboxylic acids is 5. The number of aromatic carboxylic acids is 1. The lowest BCUT2D eigenvalue weighted by Gasteiger charge is -2.14. The number of ether oxygens (including phenoxy) is 5. The van der Waals surface area contributed by atoms with Crippen molar-refractivity contribution in [3.63, 3.8) is 0 Å². The van der Waals surface area contributed by atoms with E-state index < -0.39 is 18.0 Å². The van der Waals surface area contributed by atoms with Crippen molar-refractivity contribution in [1.29, 1.82) is 0 Å². The summed E-state index contributed by atoms with van der Waals surface area (Å²) in [6, 6.07) is 5.06. The molecule has 0 unspecified atom stereocenters. The molecule has 2 atom stereocenters. The van der Waals surface area contributed by atoms with Crippen LogP contribution in [-0.2, 0) is 47.7 Å². The van der Waals surface area contributed by atoms with Gasteiger partial charge in [-0.15, -0.1) is 0 Å². The van der Waals surface area contributed by atoms with Gasteiger partial charge in [-0.25, -0.2) is 9.59 Å². The molecule has 19 nitrogen and oxygen atoms in total. The molecule has 0 spiro atoms. The first-order valence-electron chi connectivity index (χ1n) is 22.2. The summed E-state index contributed by atoms with van der Waals surface area (Å²) in [7, 11) is 1.75. The number of amides is 4. The Balaban J connectivity index is 1.92. The molecule has 0 heterocycles. The van der Waals surface area contributed by atoms with Crippen LogP contribution in [0.1, 0.15) is 114 Å². The minimum atomic E-state index is -1.20. The summed E-state index contributed by atoms with van der Waals surface area (Å²) < 4.78 is 27.0. The highest BCUT2D eigenvalue weighted by atomic mass is 16.5. The fraction of sp³-hybridized carbons (Fsp3) is 0.705. The van der Waals surface area contributed by atoms with E-state index in [4.69, 9.17) is 28.8 Å². The van der Waals surface area contributed by atoms with Crippen molar-refractivity contribution < 1.29 is 67.5 Å². The van der Waals surface area contributed by atoms with Crippen LogP contribution >= 0.6 is 0 Å². The lowest BCUT2D eigenvalue weighted by atomic mass is 10.1. The molecule has 0 radical (unpaired) electrons. The van der Waals surface area contributed by atoms with Crippen molar-refractivity contribution >= 4 is 41.4 Å². The summed E-state index contributed by atoms with van der Waals surface area (Å²) in [5.41, 5.74) is 0.230. The Morgan fingerprint density at radius 1 is 0.524 bits per heavy atom. The van der Waals surface area contributed by atoms with Gasteiger partial charge in [0.15, 0.2) is 0 Å². The number of carboxylic acid groups (broad SMARTS) is 2. The van der Waals surface area contributed by atoms with Crippen LogP contribution in [-0.4, -0.2) is 150 Å². The molecule has 4 amide bonds. The first kappa shape index (κ1) is 56.3. The van der Waals surface area contributed by atoms with Crippen LogP contribution in [0.3, 0.4) is 0 Å². The minimum Gasteiger partial charge on any atom is -0.494 e. The zero-order chi connectivity index (χ0) is 46.3. The van der Waals surface area contributed by atoms with E-state index >= 15 is 0 Å². The Bertz CT molecular complexity index is 1450. The Kier molecular flexibility index (Phi) is 33.8. The molecular weight excluding hydrogens is 823 g/mol. The number of ketones is 1. The van der Waals surface area contributed by atoms with Gasteiger partial charge in [0.25, 0.3) is 0 Å². The molecule has 0 aliphatic rings. The number of Topliss-reactive ketones (excluding diaryl/α,β-unsaturated/α-hetero) is 1. The second-order valence-electron chi connectivity index (χ2n) is 14.9. The van der Waals surface area contributed by atoms with Crippen molar-refractivity contribution in [2.75, 3.05) is 86.1 Å². The number of rotatable bonds is 42. The van der Waals surface area contributed by atoms with Crippen molar-refractivity contribution in [3.05, 3.63) is 29.8 Å². The zero-order valence-electron chi connectivity index (χ0n) is 37.3. The third-order valence-corrected chi connectivity index (χ3v) is 9.64. The van der Waals surface area contributed by atoms with E-state index in [0.29, 0.717) is 25.3 Å². The molecule has 0 fully saturated rings. The third kappa shape index (κ3) is 32.6. The molecule has 0 aliphatic heterocycles. The van der Waals surface area contributed by atoms with Gasteiger partial charge in [-0.1, -0.05) is 44.9 Å². The molecule has 0 aliphatic carbocycles. The molecule has 0 saturated heterocycles. The maximum Gasteiger partial charge on any atom is 0.335 e. The van der Waals surface area contributed by atoms with Gasteiger partial charge in [-0.3, -0.25) is 24.0 Å². The molecule has 1 rings (SSSR count). The van der Waals surface area contributed by atoms with E-state index in [9.17, 15) is 38.7 Å². The highest BCUT2D eigenvalue weighted by molar-refractivity contribution is 5.87. The van der Waals surface area contributed by atoms with Crippen LogP contribution in [0.4, 0.5) is 0 Å². The van der Waals surface area contributed by atoms with E-state index in [2.05, 4.69) is 26.6 Å². The van der Waals surface area contributed by atoms with E-state index in [0.717, 1.165) is 70.6 Å². The Morgan fingerprint density at radius 2 is 1.05 bits per heavy atom. The van der Waals surface area contributed by atoms with Gasteiger partial charge in [-0.05, 0) is 76.8 Å². The van der Waals surface area contributed by atoms with E-state index in [-0.39, 0.29) is 126 Å². The van der Waals surface area contributed by atoms with Crippen LogP contribution in [0.25, 0.3) is 0 Å². The summed E-state index contributed by atoms with van der Waals surface area (Å²) in [5.74, 6) is -2.66. The van der Waals surface area contributed by atoms with Crippen molar-refractivity contribution in [3.8, 4) is 5.75 Å². The summed E-state index contributed by atoms with van der Waals surface area (Å²) in [5, 5.41) is 32.0. The highest BCUT2D eigenvalue weighted by Gasteiger charge is 2.21. The fourth-order valence-corrected chi connectivity index (χ4v) is 6.05. The maximum absolute atomic E-state index is 12.3. The van der Waals surface area contributed by atoms with Crippen molar-refractivity contribution in [2.24, 2.45) is 0 Å². The number of benzene rings is 1. The number of hydrogen-bond donors (Lipinski definition) is 7. The minimum absolute atomic E-state index is 0.0404. The first-order valence-corrected chi connectivity index (χ1v) is 22.2. The van der Waals surface area contributed by atoms with Crippen LogP contribution < -0.4 is 31.3 Å². The largest absolute Gasteiger partial charge is 0.494 e. The van der Waals surface area contributed by atoms with Gasteiger partial charge < -0.3 is 60.5 Å². The fourth-order valence-electron chi connectivity index (χ4n) is 6.05. The molecular formula is C44H73N5O14. The van der Waals surface area contributed by atoms with Crippen LogP contribution in [0, 0.1) is 0 Å². The number of aliphatic carboxylic acids is 1. The Morgan fingerprint density at radius 3 is 1.59 bits per heavy atom. The van der Waals surface area contributed by atoms with Gasteiger partial charge in [0.05, 0.1) is 57.9 Å². The summed E-state index contributed by atoms with van der Waals surface area (Å²) >= 11 is 0. The van der Waals surface area contributed by atoms with Gasteiger partial charge >= 0.3 is 11.9 Å². The Hall–Kier alpha value is -4.69. The molecule has 7 N–H and O–H groups in total. The SMILES string of the molecule is CN[C@@H](CCCCNC(=O)COCCOCCNC(=O)COCCOCCNC(=O)CC[C@H](NC(=O)CCCCCCCCCCCOc1ccc(C(=O)O)cc1)C(=O)O)C(C)=O. The molecule has 19 heteroatoms. The molecule has 358 valence electrons. The van der Waals surface area contributed by atoms with Gasteiger partial charge in [0, 0.05) is 32.5 Å². The topological polar surface area (TPSA) is 266 Å². The zero-order valence-corrected chi connectivity index (χ0v) is 37.3. The number of nitrogens with one attached hydrogen (secondary N) is 5. The predicted octanol–water partition coefficient (Wildman–Crippen LogP) is 2.78. The number of hydrogen-bond acceptors (Lipinski definition) is 13. The number of likely N-dealkylation sites (N-methyl/N-ethyl adjacent to an activating group) is 1. The van der Waals surface area contributed by atoms with Crippen molar-refractivity contribution in [2.45, 2.75) is 115 Å².